The van der Waals surface area contributed by atoms with Crippen molar-refractivity contribution in [3.63, 3.8) is 0 Å². The molecule has 0 saturated heterocycles. The van der Waals surface area contributed by atoms with Crippen molar-refractivity contribution in [2.45, 2.75) is 12.8 Å². The Morgan fingerprint density at radius 3 is 2.00 bits per heavy atom. The summed E-state index contributed by atoms with van der Waals surface area (Å²) in [5.41, 5.74) is 6.13. The van der Waals surface area contributed by atoms with Gasteiger partial charge in [-0.15, -0.1) is 22.7 Å². The highest BCUT2D eigenvalue weighted by Crippen LogP contribution is 2.56. The van der Waals surface area contributed by atoms with E-state index in [1.54, 1.807) is 6.07 Å². The monoisotopic (exact) mass is 404 g/mol. The van der Waals surface area contributed by atoms with Gasteiger partial charge in [-0.1, -0.05) is 36.4 Å². The minimum atomic E-state index is -0.191. The molecular formula is C24H14F2S2. The maximum absolute atomic E-state index is 13.7. The molecule has 0 spiro atoms. The molecule has 0 unspecified atom stereocenters. The van der Waals surface area contributed by atoms with E-state index < -0.39 is 0 Å². The van der Waals surface area contributed by atoms with Crippen molar-refractivity contribution >= 4 is 42.8 Å². The molecule has 0 fully saturated rings. The lowest BCUT2D eigenvalue weighted by molar-refractivity contribution is 0.627. The molecule has 0 saturated carbocycles. The SMILES string of the molecule is Fc1ccc(CCc2cc3ccc4c(c3s2)-c2ccc3cc(F)sc3c2-4)cc1. The van der Waals surface area contributed by atoms with Crippen molar-refractivity contribution in [3.05, 3.63) is 82.1 Å². The third-order valence-electron chi connectivity index (χ3n) is 5.51. The van der Waals surface area contributed by atoms with Crippen LogP contribution in [0.1, 0.15) is 10.4 Å². The molecule has 5 aromatic rings. The first-order chi connectivity index (χ1) is 13.7. The van der Waals surface area contributed by atoms with Gasteiger partial charge in [0.1, 0.15) is 5.82 Å². The van der Waals surface area contributed by atoms with Gasteiger partial charge in [0.15, 0.2) is 5.13 Å². The first kappa shape index (κ1) is 16.4. The number of rotatable bonds is 3. The Kier molecular flexibility index (Phi) is 3.49. The zero-order valence-electron chi connectivity index (χ0n) is 14.8. The highest BCUT2D eigenvalue weighted by atomic mass is 32.1. The average Bonchev–Trinajstić information content (AvgIpc) is 3.24. The normalized spacial score (nSPS) is 12.2. The third kappa shape index (κ3) is 2.38. The lowest BCUT2D eigenvalue weighted by Crippen LogP contribution is -1.98. The molecule has 2 aromatic heterocycles. The number of halogens is 2. The third-order valence-corrected chi connectivity index (χ3v) is 7.69. The molecule has 0 bridgehead atoms. The number of benzene rings is 3. The molecule has 0 radical (unpaired) electrons. The summed E-state index contributed by atoms with van der Waals surface area (Å²) in [4.78, 5) is 1.34. The first-order valence-electron chi connectivity index (χ1n) is 9.20. The number of thiophene rings is 2. The second kappa shape index (κ2) is 5.97. The lowest BCUT2D eigenvalue weighted by Gasteiger charge is -2.25. The van der Waals surface area contributed by atoms with E-state index in [1.165, 1.54) is 60.7 Å². The van der Waals surface area contributed by atoms with E-state index in [1.807, 2.05) is 29.5 Å². The summed E-state index contributed by atoms with van der Waals surface area (Å²) in [6.45, 7) is 0. The fourth-order valence-electron chi connectivity index (χ4n) is 4.16. The molecule has 1 aliphatic rings. The first-order valence-corrected chi connectivity index (χ1v) is 10.8. The van der Waals surface area contributed by atoms with E-state index in [2.05, 4.69) is 24.3 Å². The number of hydrogen-bond donors (Lipinski definition) is 0. The van der Waals surface area contributed by atoms with Gasteiger partial charge in [0.25, 0.3) is 0 Å². The van der Waals surface area contributed by atoms with Gasteiger partial charge in [-0.05, 0) is 64.6 Å². The van der Waals surface area contributed by atoms with Crippen molar-refractivity contribution in [3.8, 4) is 22.3 Å². The van der Waals surface area contributed by atoms with E-state index in [4.69, 9.17) is 0 Å². The van der Waals surface area contributed by atoms with Crippen LogP contribution in [0.25, 0.3) is 42.4 Å². The topological polar surface area (TPSA) is 0 Å². The molecule has 6 rings (SSSR count). The minimum absolute atomic E-state index is 0.128. The second-order valence-electron chi connectivity index (χ2n) is 7.20. The quantitative estimate of drug-likeness (QED) is 0.282. The van der Waals surface area contributed by atoms with Gasteiger partial charge in [0, 0.05) is 25.4 Å². The van der Waals surface area contributed by atoms with Gasteiger partial charge in [0.2, 0.25) is 0 Å². The summed E-state index contributed by atoms with van der Waals surface area (Å²) in [6, 6.07) is 19.2. The van der Waals surface area contributed by atoms with Crippen LogP contribution in [0.15, 0.2) is 60.7 Å². The van der Waals surface area contributed by atoms with Crippen LogP contribution < -0.4 is 0 Å². The molecule has 0 atom stereocenters. The molecular weight excluding hydrogens is 390 g/mol. The summed E-state index contributed by atoms with van der Waals surface area (Å²) in [5, 5.41) is 2.12. The molecule has 3 aromatic carbocycles. The Morgan fingerprint density at radius 2 is 1.29 bits per heavy atom. The summed E-state index contributed by atoms with van der Waals surface area (Å²) in [5.74, 6) is -0.191. The Labute approximate surface area is 168 Å². The van der Waals surface area contributed by atoms with Gasteiger partial charge in [-0.25, -0.2) is 4.39 Å². The maximum Gasteiger partial charge on any atom is 0.177 e. The molecule has 1 aliphatic carbocycles. The minimum Gasteiger partial charge on any atom is -0.207 e. The van der Waals surface area contributed by atoms with Crippen molar-refractivity contribution < 1.29 is 8.78 Å². The summed E-state index contributed by atoms with van der Waals surface area (Å²) >= 11 is 3.08. The van der Waals surface area contributed by atoms with E-state index in [0.29, 0.717) is 0 Å². The van der Waals surface area contributed by atoms with Crippen LogP contribution in [0.3, 0.4) is 0 Å². The Bertz CT molecular complexity index is 1370. The lowest BCUT2D eigenvalue weighted by atomic mass is 9.79. The predicted molar refractivity (Wildman–Crippen MR) is 115 cm³/mol. The van der Waals surface area contributed by atoms with Crippen molar-refractivity contribution in [2.24, 2.45) is 0 Å². The second-order valence-corrected chi connectivity index (χ2v) is 9.34. The van der Waals surface area contributed by atoms with E-state index in [9.17, 15) is 8.78 Å². The maximum atomic E-state index is 13.7. The fraction of sp³-hybridized carbons (Fsp3) is 0.0833. The molecule has 136 valence electrons. The van der Waals surface area contributed by atoms with Gasteiger partial charge >= 0.3 is 0 Å². The molecule has 2 heterocycles. The molecule has 4 heteroatoms. The van der Waals surface area contributed by atoms with Crippen LogP contribution in [-0.2, 0) is 12.8 Å². The van der Waals surface area contributed by atoms with Gasteiger partial charge < -0.3 is 0 Å². The fourth-order valence-corrected chi connectivity index (χ4v) is 6.33. The largest absolute Gasteiger partial charge is 0.207 e. The molecule has 0 nitrogen and oxygen atoms in total. The van der Waals surface area contributed by atoms with Crippen LogP contribution in [0.4, 0.5) is 8.78 Å². The zero-order chi connectivity index (χ0) is 18.8. The summed E-state index contributed by atoms with van der Waals surface area (Å²) in [7, 11) is 0. The summed E-state index contributed by atoms with van der Waals surface area (Å²) < 4.78 is 29.2. The predicted octanol–water partition coefficient (Wildman–Crippen LogP) is 7.83. The molecule has 0 amide bonds. The Balaban J connectivity index is 1.38. The van der Waals surface area contributed by atoms with Crippen LogP contribution in [-0.4, -0.2) is 0 Å². The number of fused-ring (bicyclic) bond motifs is 8. The molecule has 28 heavy (non-hydrogen) atoms. The molecule has 0 N–H and O–H groups in total. The van der Waals surface area contributed by atoms with E-state index >= 15 is 0 Å². The number of hydrogen-bond acceptors (Lipinski definition) is 2. The number of aryl methyl sites for hydroxylation is 2. The zero-order valence-corrected chi connectivity index (χ0v) is 16.4. The smallest absolute Gasteiger partial charge is 0.177 e. The van der Waals surface area contributed by atoms with Crippen LogP contribution in [0, 0.1) is 10.9 Å². The average molecular weight is 405 g/mol. The van der Waals surface area contributed by atoms with Crippen molar-refractivity contribution in [1.29, 1.82) is 0 Å². The standard InChI is InChI=1S/C24H14F2S2/c25-16-6-1-13(2-7-16)3-8-17-11-14-4-9-18-21(23(14)27-17)19-10-5-15-12-20(26)28-24(15)22(18)19/h1-2,4-7,9-12H,3,8H2. The van der Waals surface area contributed by atoms with Crippen molar-refractivity contribution in [2.75, 3.05) is 0 Å². The highest BCUT2D eigenvalue weighted by molar-refractivity contribution is 7.20. The van der Waals surface area contributed by atoms with Crippen molar-refractivity contribution in [1.82, 2.24) is 0 Å². The van der Waals surface area contributed by atoms with Gasteiger partial charge in [-0.3, -0.25) is 0 Å². The van der Waals surface area contributed by atoms with Crippen LogP contribution in [0.2, 0.25) is 0 Å². The van der Waals surface area contributed by atoms with Gasteiger partial charge in [0.05, 0.1) is 0 Å². The Hall–Kier alpha value is -2.56. The highest BCUT2D eigenvalue weighted by Gasteiger charge is 2.28. The van der Waals surface area contributed by atoms with Gasteiger partial charge in [-0.2, -0.15) is 4.39 Å². The summed E-state index contributed by atoms with van der Waals surface area (Å²) in [6.07, 6.45) is 1.85. The van der Waals surface area contributed by atoms with E-state index in [0.717, 1.165) is 28.5 Å². The Morgan fingerprint density at radius 1 is 0.643 bits per heavy atom. The van der Waals surface area contributed by atoms with Crippen LogP contribution >= 0.6 is 22.7 Å². The molecule has 0 aliphatic heterocycles. The van der Waals surface area contributed by atoms with E-state index in [-0.39, 0.29) is 10.9 Å². The van der Waals surface area contributed by atoms with Crippen LogP contribution in [0.5, 0.6) is 0 Å².